The summed E-state index contributed by atoms with van der Waals surface area (Å²) in [7, 11) is 3.67. The van der Waals surface area contributed by atoms with E-state index in [0.29, 0.717) is 6.54 Å². The van der Waals surface area contributed by atoms with Crippen molar-refractivity contribution in [1.82, 2.24) is 30.3 Å². The number of aliphatic imine (C=N–C) groups is 1. The second-order valence-electron chi connectivity index (χ2n) is 8.43. The first-order valence-corrected chi connectivity index (χ1v) is 11.8. The number of ether oxygens (including phenoxy) is 1. The first-order chi connectivity index (χ1) is 15.6. The molecule has 1 fully saturated rings. The Morgan fingerprint density at radius 1 is 1.15 bits per heavy atom. The summed E-state index contributed by atoms with van der Waals surface area (Å²) in [5.74, 6) is 3.46. The van der Waals surface area contributed by atoms with Gasteiger partial charge in [-0.15, -0.1) is 34.2 Å². The average molecular weight is 570 g/mol. The number of nitrogens with one attached hydrogen (secondary N) is 2. The zero-order valence-electron chi connectivity index (χ0n) is 20.5. The van der Waals surface area contributed by atoms with Crippen LogP contribution in [0.4, 0.5) is 0 Å². The normalized spacial score (nSPS) is 16.8. The van der Waals surface area contributed by atoms with Gasteiger partial charge in [-0.05, 0) is 56.8 Å². The molecule has 0 amide bonds. The van der Waals surface area contributed by atoms with Crippen LogP contribution in [0.1, 0.15) is 49.8 Å². The SMILES string of the molecule is CCC1CCCCN1CCNC(=NCc1nnc(C)n1C)NCCc1ccc(OC)cc1.I. The Kier molecular flexibility index (Phi) is 11.9. The summed E-state index contributed by atoms with van der Waals surface area (Å²) < 4.78 is 7.23. The van der Waals surface area contributed by atoms with Crippen LogP contribution in [0.3, 0.4) is 0 Å². The van der Waals surface area contributed by atoms with Crippen LogP contribution in [0, 0.1) is 6.92 Å². The van der Waals surface area contributed by atoms with Gasteiger partial charge < -0.3 is 19.9 Å². The Bertz CT molecular complexity index is 853. The third-order valence-electron chi connectivity index (χ3n) is 6.34. The highest BCUT2D eigenvalue weighted by Crippen LogP contribution is 2.18. The number of likely N-dealkylation sites (tertiary alicyclic amines) is 1. The van der Waals surface area contributed by atoms with Gasteiger partial charge in [-0.25, -0.2) is 4.99 Å². The van der Waals surface area contributed by atoms with Crippen molar-refractivity contribution in [2.75, 3.05) is 33.3 Å². The van der Waals surface area contributed by atoms with Crippen LogP contribution >= 0.6 is 24.0 Å². The van der Waals surface area contributed by atoms with Crippen molar-refractivity contribution < 1.29 is 4.74 Å². The lowest BCUT2D eigenvalue weighted by atomic mass is 10.0. The van der Waals surface area contributed by atoms with Crippen molar-refractivity contribution in [3.8, 4) is 5.75 Å². The monoisotopic (exact) mass is 569 g/mol. The van der Waals surface area contributed by atoms with Crippen molar-refractivity contribution in [2.45, 2.75) is 58.5 Å². The maximum atomic E-state index is 5.25. The Balaban J connectivity index is 0.00000385. The van der Waals surface area contributed by atoms with Gasteiger partial charge in [-0.1, -0.05) is 25.5 Å². The number of benzene rings is 1. The minimum absolute atomic E-state index is 0. The molecule has 3 rings (SSSR count). The summed E-state index contributed by atoms with van der Waals surface area (Å²) in [6.45, 7) is 8.68. The minimum atomic E-state index is 0. The molecule has 1 unspecified atom stereocenters. The highest BCUT2D eigenvalue weighted by molar-refractivity contribution is 14.0. The number of aryl methyl sites for hydroxylation is 1. The van der Waals surface area contributed by atoms with E-state index in [1.807, 2.05) is 30.7 Å². The van der Waals surface area contributed by atoms with Crippen LogP contribution in [-0.4, -0.2) is 65.0 Å². The average Bonchev–Trinajstić information content (AvgIpc) is 3.15. The fourth-order valence-corrected chi connectivity index (χ4v) is 4.16. The lowest BCUT2D eigenvalue weighted by Gasteiger charge is -2.35. The number of guanidine groups is 1. The molecule has 0 bridgehead atoms. The summed E-state index contributed by atoms with van der Waals surface area (Å²) in [6.07, 6.45) is 6.13. The van der Waals surface area contributed by atoms with Crippen molar-refractivity contribution >= 4 is 29.9 Å². The summed E-state index contributed by atoms with van der Waals surface area (Å²) in [5, 5.41) is 15.4. The number of hydrogen-bond acceptors (Lipinski definition) is 5. The van der Waals surface area contributed by atoms with Gasteiger partial charge >= 0.3 is 0 Å². The van der Waals surface area contributed by atoms with E-state index >= 15 is 0 Å². The fraction of sp³-hybridized carbons (Fsp3) is 0.625. The molecule has 0 spiro atoms. The van der Waals surface area contributed by atoms with Gasteiger partial charge in [0.15, 0.2) is 11.8 Å². The zero-order chi connectivity index (χ0) is 22.8. The Morgan fingerprint density at radius 2 is 1.91 bits per heavy atom. The highest BCUT2D eigenvalue weighted by Gasteiger charge is 2.20. The number of methoxy groups -OCH3 is 1. The van der Waals surface area contributed by atoms with Crippen molar-refractivity contribution in [1.29, 1.82) is 0 Å². The number of rotatable bonds is 10. The van der Waals surface area contributed by atoms with Gasteiger partial charge in [0, 0.05) is 32.7 Å². The second-order valence-corrected chi connectivity index (χ2v) is 8.43. The molecule has 1 atom stereocenters. The van der Waals surface area contributed by atoms with Gasteiger partial charge in [-0.3, -0.25) is 4.90 Å². The minimum Gasteiger partial charge on any atom is -0.497 e. The van der Waals surface area contributed by atoms with Gasteiger partial charge in [0.25, 0.3) is 0 Å². The molecule has 184 valence electrons. The topological polar surface area (TPSA) is 79.6 Å². The highest BCUT2D eigenvalue weighted by atomic mass is 127. The molecule has 8 nitrogen and oxygen atoms in total. The molecule has 1 aromatic heterocycles. The van der Waals surface area contributed by atoms with Crippen LogP contribution in [0.2, 0.25) is 0 Å². The van der Waals surface area contributed by atoms with E-state index in [1.54, 1.807) is 7.11 Å². The first-order valence-electron chi connectivity index (χ1n) is 11.8. The van der Waals surface area contributed by atoms with Crippen LogP contribution in [0.15, 0.2) is 29.3 Å². The molecule has 2 N–H and O–H groups in total. The number of nitrogens with zero attached hydrogens (tertiary/aromatic N) is 5. The smallest absolute Gasteiger partial charge is 0.191 e. The molecule has 33 heavy (non-hydrogen) atoms. The van der Waals surface area contributed by atoms with E-state index < -0.39 is 0 Å². The number of halogens is 1. The third-order valence-corrected chi connectivity index (χ3v) is 6.34. The lowest BCUT2D eigenvalue weighted by molar-refractivity contribution is 0.147. The molecular weight excluding hydrogens is 529 g/mol. The summed E-state index contributed by atoms with van der Waals surface area (Å²) in [5.41, 5.74) is 1.26. The Labute approximate surface area is 215 Å². The van der Waals surface area contributed by atoms with Crippen molar-refractivity contribution in [3.63, 3.8) is 0 Å². The van der Waals surface area contributed by atoms with Crippen molar-refractivity contribution in [3.05, 3.63) is 41.5 Å². The second kappa shape index (κ2) is 14.4. The van der Waals surface area contributed by atoms with E-state index in [4.69, 9.17) is 9.73 Å². The molecule has 2 aromatic rings. The predicted octanol–water partition coefficient (Wildman–Crippen LogP) is 3.29. The molecule has 0 radical (unpaired) electrons. The molecule has 0 saturated carbocycles. The van der Waals surface area contributed by atoms with Crippen LogP contribution < -0.4 is 15.4 Å². The number of hydrogen-bond donors (Lipinski definition) is 2. The van der Waals surface area contributed by atoms with Gasteiger partial charge in [0.1, 0.15) is 18.1 Å². The summed E-state index contributed by atoms with van der Waals surface area (Å²) in [6, 6.07) is 8.93. The first kappa shape index (κ1) is 27.4. The molecule has 2 heterocycles. The summed E-state index contributed by atoms with van der Waals surface area (Å²) in [4.78, 5) is 7.40. The molecule has 1 aliphatic heterocycles. The maximum absolute atomic E-state index is 5.25. The molecule has 9 heteroatoms. The quantitative estimate of drug-likeness (QED) is 0.260. The standard InChI is InChI=1S/C24H39N7O.HI/c1-5-21-8-6-7-16-31(21)17-15-26-24(27-18-23-29-28-19(2)30(23)3)25-14-13-20-9-11-22(32-4)12-10-20;/h9-12,21H,5-8,13-18H2,1-4H3,(H2,25,26,27);1H. The lowest BCUT2D eigenvalue weighted by Crippen LogP contribution is -2.46. The van der Waals surface area contributed by atoms with E-state index in [2.05, 4.69) is 44.8 Å². The summed E-state index contributed by atoms with van der Waals surface area (Å²) >= 11 is 0. The molecule has 1 aromatic carbocycles. The molecule has 1 aliphatic rings. The molecule has 0 aliphatic carbocycles. The molecule has 1 saturated heterocycles. The van der Waals surface area contributed by atoms with Crippen LogP contribution in [-0.2, 0) is 20.0 Å². The van der Waals surface area contributed by atoms with Gasteiger partial charge in [-0.2, -0.15) is 0 Å². The van der Waals surface area contributed by atoms with E-state index in [9.17, 15) is 0 Å². The van der Waals surface area contributed by atoms with E-state index in [1.165, 1.54) is 37.8 Å². The Hall–Kier alpha value is -1.88. The van der Waals surface area contributed by atoms with Crippen molar-refractivity contribution in [2.24, 2.45) is 12.0 Å². The zero-order valence-corrected chi connectivity index (χ0v) is 22.8. The maximum Gasteiger partial charge on any atom is 0.191 e. The number of piperidine rings is 1. The largest absolute Gasteiger partial charge is 0.497 e. The number of aromatic nitrogens is 3. The van der Waals surface area contributed by atoms with E-state index in [0.717, 1.165) is 55.5 Å². The Morgan fingerprint density at radius 3 is 2.58 bits per heavy atom. The van der Waals surface area contributed by atoms with Crippen LogP contribution in [0.5, 0.6) is 5.75 Å². The molecular formula is C24H40IN7O. The van der Waals surface area contributed by atoms with E-state index in [-0.39, 0.29) is 24.0 Å². The third kappa shape index (κ3) is 8.44. The van der Waals surface area contributed by atoms with Gasteiger partial charge in [0.05, 0.1) is 7.11 Å². The van der Waals surface area contributed by atoms with Gasteiger partial charge in [0.2, 0.25) is 0 Å². The fourth-order valence-electron chi connectivity index (χ4n) is 4.16. The van der Waals surface area contributed by atoms with Crippen LogP contribution in [0.25, 0.3) is 0 Å². The predicted molar refractivity (Wildman–Crippen MR) is 145 cm³/mol.